The fourth-order valence-corrected chi connectivity index (χ4v) is 2.67. The molecule has 17 heavy (non-hydrogen) atoms. The van der Waals surface area contributed by atoms with Crippen LogP contribution in [0.2, 0.25) is 0 Å². The van der Waals surface area contributed by atoms with E-state index in [4.69, 9.17) is 5.73 Å². The van der Waals surface area contributed by atoms with Gasteiger partial charge >= 0.3 is 0 Å². The van der Waals surface area contributed by atoms with E-state index in [-0.39, 0.29) is 11.2 Å². The van der Waals surface area contributed by atoms with E-state index in [0.717, 1.165) is 38.1 Å². The molecular weight excluding hydrogens is 216 g/mol. The van der Waals surface area contributed by atoms with E-state index >= 15 is 0 Å². The Morgan fingerprint density at radius 3 is 2.82 bits per heavy atom. The lowest BCUT2D eigenvalue weighted by Gasteiger charge is -2.25. The Bertz CT molecular complexity index is 393. The summed E-state index contributed by atoms with van der Waals surface area (Å²) in [7, 11) is 0. The van der Waals surface area contributed by atoms with Crippen molar-refractivity contribution in [1.29, 1.82) is 0 Å². The van der Waals surface area contributed by atoms with Crippen molar-refractivity contribution in [3.8, 4) is 0 Å². The zero-order chi connectivity index (χ0) is 12.3. The quantitative estimate of drug-likeness (QED) is 0.825. The summed E-state index contributed by atoms with van der Waals surface area (Å²) in [6, 6.07) is 0. The first-order chi connectivity index (χ1) is 8.22. The third-order valence-electron chi connectivity index (χ3n) is 3.86. The number of Topliss-reactive ketones (excluding diaryl/α,β-unsaturated/α-hetero) is 1. The van der Waals surface area contributed by atoms with E-state index in [2.05, 4.69) is 10.1 Å². The van der Waals surface area contributed by atoms with Gasteiger partial charge in [0.05, 0.1) is 6.42 Å². The van der Waals surface area contributed by atoms with Crippen LogP contribution in [0, 0.1) is 5.41 Å². The summed E-state index contributed by atoms with van der Waals surface area (Å²) in [5.74, 6) is 0.998. The van der Waals surface area contributed by atoms with Gasteiger partial charge in [0.2, 0.25) is 0 Å². The number of carbonyl (C=O) groups is 1. The standard InChI is InChI=1S/C12H20N4O/c1-2-16-11(14-9-15-16)7-10(17)12(8-13)5-3-4-6-12/h9H,2-8,13H2,1H3. The van der Waals surface area contributed by atoms with Crippen molar-refractivity contribution in [2.45, 2.75) is 45.6 Å². The molecule has 2 N–H and O–H groups in total. The average molecular weight is 236 g/mol. The highest BCUT2D eigenvalue weighted by atomic mass is 16.1. The summed E-state index contributed by atoms with van der Waals surface area (Å²) in [6.45, 7) is 3.21. The molecule has 1 aliphatic rings. The smallest absolute Gasteiger partial charge is 0.147 e. The highest BCUT2D eigenvalue weighted by molar-refractivity contribution is 5.86. The molecule has 1 aromatic heterocycles. The van der Waals surface area contributed by atoms with Gasteiger partial charge in [-0.2, -0.15) is 5.10 Å². The zero-order valence-corrected chi connectivity index (χ0v) is 10.4. The van der Waals surface area contributed by atoms with E-state index in [1.807, 2.05) is 6.92 Å². The van der Waals surface area contributed by atoms with Gasteiger partial charge < -0.3 is 5.73 Å². The number of hydrogen-bond donors (Lipinski definition) is 1. The van der Waals surface area contributed by atoms with Crippen LogP contribution >= 0.6 is 0 Å². The van der Waals surface area contributed by atoms with E-state index < -0.39 is 0 Å². The number of nitrogens with zero attached hydrogens (tertiary/aromatic N) is 3. The Balaban J connectivity index is 2.10. The van der Waals surface area contributed by atoms with Crippen molar-refractivity contribution < 1.29 is 4.79 Å². The van der Waals surface area contributed by atoms with Crippen LogP contribution in [-0.2, 0) is 17.8 Å². The van der Waals surface area contributed by atoms with Crippen LogP contribution in [0.15, 0.2) is 6.33 Å². The minimum absolute atomic E-state index is 0.236. The van der Waals surface area contributed by atoms with E-state index in [1.54, 1.807) is 4.68 Å². The number of hydrogen-bond acceptors (Lipinski definition) is 4. The molecule has 0 unspecified atom stereocenters. The molecule has 0 bridgehead atoms. The molecule has 1 heterocycles. The maximum Gasteiger partial charge on any atom is 0.147 e. The predicted molar refractivity (Wildman–Crippen MR) is 64.4 cm³/mol. The second-order valence-corrected chi connectivity index (χ2v) is 4.78. The predicted octanol–water partition coefficient (Wildman–Crippen LogP) is 0.929. The van der Waals surface area contributed by atoms with Gasteiger partial charge in [-0.25, -0.2) is 9.67 Å². The molecule has 1 fully saturated rings. The first kappa shape index (κ1) is 12.2. The largest absolute Gasteiger partial charge is 0.329 e. The van der Waals surface area contributed by atoms with Crippen LogP contribution in [0.25, 0.3) is 0 Å². The summed E-state index contributed by atoms with van der Waals surface area (Å²) in [4.78, 5) is 16.5. The Morgan fingerprint density at radius 2 is 2.24 bits per heavy atom. The van der Waals surface area contributed by atoms with Crippen LogP contribution in [-0.4, -0.2) is 27.1 Å². The second kappa shape index (κ2) is 4.96. The summed E-state index contributed by atoms with van der Waals surface area (Å²) < 4.78 is 1.77. The monoisotopic (exact) mass is 236 g/mol. The fourth-order valence-electron chi connectivity index (χ4n) is 2.67. The van der Waals surface area contributed by atoms with Crippen molar-refractivity contribution in [3.63, 3.8) is 0 Å². The molecule has 0 saturated heterocycles. The lowest BCUT2D eigenvalue weighted by molar-refractivity contribution is -0.127. The Morgan fingerprint density at radius 1 is 1.53 bits per heavy atom. The topological polar surface area (TPSA) is 73.8 Å². The minimum atomic E-state index is -0.287. The third kappa shape index (κ3) is 2.24. The molecule has 0 spiro atoms. The van der Waals surface area contributed by atoms with Crippen molar-refractivity contribution in [1.82, 2.24) is 14.8 Å². The van der Waals surface area contributed by atoms with Crippen molar-refractivity contribution in [2.24, 2.45) is 11.1 Å². The molecule has 1 aromatic rings. The summed E-state index contributed by atoms with van der Waals surface area (Å²) in [5, 5.41) is 4.08. The lowest BCUT2D eigenvalue weighted by Crippen LogP contribution is -2.37. The van der Waals surface area contributed by atoms with Crippen LogP contribution in [0.4, 0.5) is 0 Å². The van der Waals surface area contributed by atoms with E-state index in [1.165, 1.54) is 6.33 Å². The van der Waals surface area contributed by atoms with Gasteiger partial charge in [-0.15, -0.1) is 0 Å². The first-order valence-corrected chi connectivity index (χ1v) is 6.32. The molecule has 1 aliphatic carbocycles. The van der Waals surface area contributed by atoms with Gasteiger partial charge in [-0.3, -0.25) is 4.79 Å². The normalized spacial score (nSPS) is 18.5. The van der Waals surface area contributed by atoms with Gasteiger partial charge in [-0.1, -0.05) is 12.8 Å². The molecule has 0 amide bonds. The van der Waals surface area contributed by atoms with Gasteiger partial charge in [0.25, 0.3) is 0 Å². The molecule has 2 rings (SSSR count). The number of aryl methyl sites for hydroxylation is 1. The maximum atomic E-state index is 12.4. The lowest BCUT2D eigenvalue weighted by atomic mass is 9.80. The summed E-state index contributed by atoms with van der Waals surface area (Å²) in [5.41, 5.74) is 5.52. The second-order valence-electron chi connectivity index (χ2n) is 4.78. The molecule has 0 aromatic carbocycles. The molecule has 5 heteroatoms. The highest BCUT2D eigenvalue weighted by Crippen LogP contribution is 2.38. The Hall–Kier alpha value is -1.23. The van der Waals surface area contributed by atoms with Gasteiger partial charge in [0.1, 0.15) is 17.9 Å². The van der Waals surface area contributed by atoms with Crippen molar-refractivity contribution in [2.75, 3.05) is 6.54 Å². The number of carbonyl (C=O) groups excluding carboxylic acids is 1. The maximum absolute atomic E-state index is 12.4. The van der Waals surface area contributed by atoms with Crippen LogP contribution < -0.4 is 5.73 Å². The van der Waals surface area contributed by atoms with Gasteiger partial charge in [0.15, 0.2) is 0 Å². The molecule has 0 radical (unpaired) electrons. The Kier molecular flexibility index (Phi) is 3.57. The third-order valence-corrected chi connectivity index (χ3v) is 3.86. The van der Waals surface area contributed by atoms with E-state index in [0.29, 0.717) is 13.0 Å². The molecule has 1 saturated carbocycles. The van der Waals surface area contributed by atoms with Gasteiger partial charge in [0, 0.05) is 18.5 Å². The number of ketones is 1. The number of nitrogens with two attached hydrogens (primary N) is 1. The molecule has 0 aliphatic heterocycles. The first-order valence-electron chi connectivity index (χ1n) is 6.32. The van der Waals surface area contributed by atoms with Crippen molar-refractivity contribution in [3.05, 3.63) is 12.2 Å². The van der Waals surface area contributed by atoms with Crippen LogP contribution in [0.3, 0.4) is 0 Å². The molecule has 0 atom stereocenters. The summed E-state index contributed by atoms with van der Waals surface area (Å²) >= 11 is 0. The van der Waals surface area contributed by atoms with Crippen LogP contribution in [0.1, 0.15) is 38.4 Å². The van der Waals surface area contributed by atoms with Gasteiger partial charge in [-0.05, 0) is 19.8 Å². The summed E-state index contributed by atoms with van der Waals surface area (Å²) in [6.07, 6.45) is 5.97. The molecular formula is C12H20N4O. The SMILES string of the molecule is CCn1ncnc1CC(=O)C1(CN)CCCC1. The van der Waals surface area contributed by atoms with E-state index in [9.17, 15) is 4.79 Å². The highest BCUT2D eigenvalue weighted by Gasteiger charge is 2.39. The van der Waals surface area contributed by atoms with Crippen LogP contribution in [0.5, 0.6) is 0 Å². The molecule has 5 nitrogen and oxygen atoms in total. The average Bonchev–Trinajstić information content (AvgIpc) is 2.97. The Labute approximate surface area is 101 Å². The zero-order valence-electron chi connectivity index (χ0n) is 10.4. The number of aromatic nitrogens is 3. The molecule has 94 valence electrons. The van der Waals surface area contributed by atoms with Crippen molar-refractivity contribution >= 4 is 5.78 Å². The number of rotatable bonds is 5. The fraction of sp³-hybridized carbons (Fsp3) is 0.750. The minimum Gasteiger partial charge on any atom is -0.329 e.